The van der Waals surface area contributed by atoms with E-state index >= 15 is 0 Å². The van der Waals surface area contributed by atoms with Crippen molar-refractivity contribution in [2.45, 2.75) is 0 Å². The molecule has 0 atom stereocenters. The van der Waals surface area contributed by atoms with Crippen LogP contribution >= 0.6 is 0 Å². The Kier molecular flexibility index (Phi) is 1.85. The number of benzene rings is 2. The normalized spacial score (nSPS) is 10.3. The number of phenolic OH excluding ortho intramolecular Hbond substituents is 2. The maximum absolute atomic E-state index is 10.7. The molecule has 3 heteroatoms. The number of hydrogen-bond acceptors (Lipinski definition) is 3. The van der Waals surface area contributed by atoms with Gasteiger partial charge in [0.2, 0.25) is 0 Å². The molecule has 0 spiro atoms. The molecule has 0 fully saturated rings. The van der Waals surface area contributed by atoms with Crippen molar-refractivity contribution in [3.05, 3.63) is 35.9 Å². The molecule has 70 valence electrons. The zero-order valence-electron chi connectivity index (χ0n) is 7.27. The minimum absolute atomic E-state index is 0.000463. The van der Waals surface area contributed by atoms with Gasteiger partial charge in [0, 0.05) is 5.39 Å². The Morgan fingerprint density at radius 1 is 1.00 bits per heavy atom. The smallest absolute Gasteiger partial charge is 0.154 e. The number of fused-ring (bicyclic) bond motifs is 1. The number of carbonyl (C=O) groups excluding carboxylic acids is 1. The van der Waals surface area contributed by atoms with Crippen LogP contribution in [0.5, 0.6) is 11.5 Å². The third-order valence-corrected chi connectivity index (χ3v) is 2.16. The molecule has 0 unspecified atom stereocenters. The van der Waals surface area contributed by atoms with E-state index in [1.165, 1.54) is 12.1 Å². The van der Waals surface area contributed by atoms with Crippen LogP contribution in [-0.2, 0) is 0 Å². The van der Waals surface area contributed by atoms with Gasteiger partial charge in [0.25, 0.3) is 0 Å². The highest BCUT2D eigenvalue weighted by Gasteiger charge is 2.08. The van der Waals surface area contributed by atoms with Crippen LogP contribution in [0.3, 0.4) is 0 Å². The molecule has 0 saturated heterocycles. The topological polar surface area (TPSA) is 57.5 Å². The molecule has 14 heavy (non-hydrogen) atoms. The Hall–Kier alpha value is -2.03. The van der Waals surface area contributed by atoms with Crippen LogP contribution in [0.25, 0.3) is 10.8 Å². The minimum Gasteiger partial charge on any atom is -0.507 e. The fraction of sp³-hybridized carbons (Fsp3) is 0. The lowest BCUT2D eigenvalue weighted by Gasteiger charge is -2.04. The van der Waals surface area contributed by atoms with Gasteiger partial charge < -0.3 is 10.2 Å². The molecule has 0 aliphatic heterocycles. The van der Waals surface area contributed by atoms with Gasteiger partial charge in [0.05, 0.1) is 5.56 Å². The summed E-state index contributed by atoms with van der Waals surface area (Å²) in [5.41, 5.74) is 0.126. The highest BCUT2D eigenvalue weighted by atomic mass is 16.3. The van der Waals surface area contributed by atoms with Crippen molar-refractivity contribution in [2.75, 3.05) is 0 Å². The second kappa shape index (κ2) is 3.03. The van der Waals surface area contributed by atoms with Crippen molar-refractivity contribution >= 4 is 17.1 Å². The summed E-state index contributed by atoms with van der Waals surface area (Å²) in [4.78, 5) is 10.7. The highest BCUT2D eigenvalue weighted by molar-refractivity contribution is 6.03. The van der Waals surface area contributed by atoms with E-state index in [0.717, 1.165) is 5.39 Å². The summed E-state index contributed by atoms with van der Waals surface area (Å²) in [7, 11) is 0. The van der Waals surface area contributed by atoms with Crippen molar-refractivity contribution in [3.63, 3.8) is 0 Å². The van der Waals surface area contributed by atoms with Crippen molar-refractivity contribution in [2.24, 2.45) is 0 Å². The van der Waals surface area contributed by atoms with E-state index in [-0.39, 0.29) is 17.1 Å². The molecule has 2 aromatic rings. The van der Waals surface area contributed by atoms with Gasteiger partial charge in [-0.1, -0.05) is 18.2 Å². The van der Waals surface area contributed by atoms with Gasteiger partial charge in [-0.3, -0.25) is 4.79 Å². The van der Waals surface area contributed by atoms with E-state index in [2.05, 4.69) is 0 Å². The van der Waals surface area contributed by atoms with Crippen LogP contribution in [0.4, 0.5) is 0 Å². The summed E-state index contributed by atoms with van der Waals surface area (Å²) in [6.07, 6.45) is 0.539. The van der Waals surface area contributed by atoms with Gasteiger partial charge in [-0.2, -0.15) is 0 Å². The lowest BCUT2D eigenvalue weighted by molar-refractivity contribution is 0.112. The van der Waals surface area contributed by atoms with Crippen LogP contribution < -0.4 is 0 Å². The molecule has 0 aliphatic rings. The predicted molar refractivity (Wildman–Crippen MR) is 52.7 cm³/mol. The molecule has 2 rings (SSSR count). The zero-order chi connectivity index (χ0) is 10.1. The first-order valence-corrected chi connectivity index (χ1v) is 4.13. The Balaban J connectivity index is 2.98. The Morgan fingerprint density at radius 2 is 1.79 bits per heavy atom. The van der Waals surface area contributed by atoms with Crippen LogP contribution in [0.2, 0.25) is 0 Å². The second-order valence-corrected chi connectivity index (χ2v) is 2.99. The number of phenols is 2. The molecule has 0 bridgehead atoms. The summed E-state index contributed by atoms with van der Waals surface area (Å²) in [6.45, 7) is 0. The third kappa shape index (κ3) is 1.10. The van der Waals surface area contributed by atoms with E-state index in [1.807, 2.05) is 0 Å². The average molecular weight is 188 g/mol. The van der Waals surface area contributed by atoms with Crippen molar-refractivity contribution in [3.8, 4) is 11.5 Å². The summed E-state index contributed by atoms with van der Waals surface area (Å²) < 4.78 is 0. The molecule has 0 amide bonds. The van der Waals surface area contributed by atoms with Crippen LogP contribution in [0.1, 0.15) is 10.4 Å². The monoisotopic (exact) mass is 188 g/mol. The molecule has 2 aromatic carbocycles. The maximum atomic E-state index is 10.7. The summed E-state index contributed by atoms with van der Waals surface area (Å²) in [6, 6.07) is 8.02. The van der Waals surface area contributed by atoms with Crippen molar-refractivity contribution < 1.29 is 15.0 Å². The lowest BCUT2D eigenvalue weighted by Crippen LogP contribution is -1.85. The first kappa shape index (κ1) is 8.56. The summed E-state index contributed by atoms with van der Waals surface area (Å²) >= 11 is 0. The SMILES string of the molecule is O=Cc1c(O)ccc2cccc(O)c12. The molecule has 0 aromatic heterocycles. The zero-order valence-corrected chi connectivity index (χ0v) is 7.27. The van der Waals surface area contributed by atoms with Gasteiger partial charge in [-0.25, -0.2) is 0 Å². The van der Waals surface area contributed by atoms with Crippen LogP contribution in [0, 0.1) is 0 Å². The van der Waals surface area contributed by atoms with Crippen LogP contribution in [-0.4, -0.2) is 16.5 Å². The number of rotatable bonds is 1. The molecule has 2 N–H and O–H groups in total. The third-order valence-electron chi connectivity index (χ3n) is 2.16. The van der Waals surface area contributed by atoms with E-state index < -0.39 is 0 Å². The molecule has 0 heterocycles. The maximum Gasteiger partial charge on any atom is 0.154 e. The Labute approximate surface area is 80.2 Å². The molecule has 0 radical (unpaired) electrons. The first-order valence-electron chi connectivity index (χ1n) is 4.13. The minimum atomic E-state index is -0.117. The van der Waals surface area contributed by atoms with Crippen molar-refractivity contribution in [1.29, 1.82) is 0 Å². The van der Waals surface area contributed by atoms with Crippen LogP contribution in [0.15, 0.2) is 30.3 Å². The molecular weight excluding hydrogens is 180 g/mol. The number of aldehydes is 1. The molecule has 0 aliphatic carbocycles. The number of carbonyl (C=O) groups is 1. The van der Waals surface area contributed by atoms with Gasteiger partial charge in [-0.05, 0) is 17.5 Å². The van der Waals surface area contributed by atoms with Gasteiger partial charge in [-0.15, -0.1) is 0 Å². The Morgan fingerprint density at radius 3 is 2.50 bits per heavy atom. The van der Waals surface area contributed by atoms with E-state index in [0.29, 0.717) is 11.7 Å². The summed E-state index contributed by atoms with van der Waals surface area (Å²) in [5.74, 6) is -0.116. The standard InChI is InChI=1S/C11H8O3/c12-6-8-9(13)5-4-7-2-1-3-10(14)11(7)8/h1-6,13-14H. The fourth-order valence-corrected chi connectivity index (χ4v) is 1.50. The molecule has 3 nitrogen and oxygen atoms in total. The Bertz CT molecular complexity index is 503. The highest BCUT2D eigenvalue weighted by Crippen LogP contribution is 2.31. The predicted octanol–water partition coefficient (Wildman–Crippen LogP) is 2.06. The van der Waals surface area contributed by atoms with E-state index in [4.69, 9.17) is 0 Å². The van der Waals surface area contributed by atoms with Crippen molar-refractivity contribution in [1.82, 2.24) is 0 Å². The van der Waals surface area contributed by atoms with Gasteiger partial charge in [0.15, 0.2) is 6.29 Å². The largest absolute Gasteiger partial charge is 0.507 e. The first-order chi connectivity index (χ1) is 6.74. The molecular formula is C11H8O3. The molecule has 0 saturated carbocycles. The van der Waals surface area contributed by atoms with E-state index in [9.17, 15) is 15.0 Å². The number of hydrogen-bond donors (Lipinski definition) is 2. The number of aromatic hydroxyl groups is 2. The van der Waals surface area contributed by atoms with Gasteiger partial charge in [0.1, 0.15) is 11.5 Å². The van der Waals surface area contributed by atoms with Gasteiger partial charge >= 0.3 is 0 Å². The second-order valence-electron chi connectivity index (χ2n) is 2.99. The summed E-state index contributed by atoms with van der Waals surface area (Å²) in [5, 5.41) is 20.0. The lowest BCUT2D eigenvalue weighted by atomic mass is 10.0. The average Bonchev–Trinajstić information content (AvgIpc) is 2.19. The quantitative estimate of drug-likeness (QED) is 0.673. The van der Waals surface area contributed by atoms with E-state index in [1.54, 1.807) is 18.2 Å². The fourth-order valence-electron chi connectivity index (χ4n) is 1.50.